The van der Waals surface area contributed by atoms with Crippen molar-refractivity contribution in [1.82, 2.24) is 0 Å². The number of hydrogen-bond donors (Lipinski definition) is 2. The van der Waals surface area contributed by atoms with Crippen LogP contribution in [0, 0.1) is 0 Å². The maximum absolute atomic E-state index is 9.46. The number of aliphatic hydroxyl groups is 2. The summed E-state index contributed by atoms with van der Waals surface area (Å²) in [5.41, 5.74) is 1.11. The average Bonchev–Trinajstić information content (AvgIpc) is 2.37. The molecule has 3 atom stereocenters. The molecule has 0 radical (unpaired) electrons. The molecule has 0 aliphatic carbocycles. The maximum atomic E-state index is 9.46. The first-order valence-corrected chi connectivity index (χ1v) is 5.88. The molecule has 0 bridgehead atoms. The Morgan fingerprint density at radius 1 is 1.24 bits per heavy atom. The van der Waals surface area contributed by atoms with E-state index in [-0.39, 0.29) is 18.8 Å². The molecule has 0 unspecified atom stereocenters. The number of hydrogen-bond acceptors (Lipinski definition) is 4. The summed E-state index contributed by atoms with van der Waals surface area (Å²) in [5, 5.41) is 18.5. The molecule has 1 aliphatic heterocycles. The topological polar surface area (TPSA) is 58.9 Å². The first-order valence-electron chi connectivity index (χ1n) is 5.88. The fourth-order valence-corrected chi connectivity index (χ4v) is 1.99. The average molecular weight is 238 g/mol. The van der Waals surface area contributed by atoms with E-state index in [1.165, 1.54) is 0 Å². The zero-order valence-electron chi connectivity index (χ0n) is 9.66. The predicted octanol–water partition coefficient (Wildman–Crippen LogP) is 1.06. The van der Waals surface area contributed by atoms with Crippen LogP contribution in [-0.2, 0) is 16.1 Å². The molecule has 0 saturated carbocycles. The van der Waals surface area contributed by atoms with Crippen LogP contribution in [0.25, 0.3) is 0 Å². The van der Waals surface area contributed by atoms with Crippen LogP contribution >= 0.6 is 0 Å². The van der Waals surface area contributed by atoms with Crippen molar-refractivity contribution >= 4 is 0 Å². The standard InChI is InChI=1S/C13H18O4/c14-8-12-6-11(7-13(15)17-12)16-9-10-4-2-1-3-5-10/h1-5,11-15H,6-9H2/t11-,12+,13+/m1/s1. The van der Waals surface area contributed by atoms with Crippen LogP contribution in [-0.4, -0.2) is 35.3 Å². The Morgan fingerprint density at radius 3 is 2.71 bits per heavy atom. The van der Waals surface area contributed by atoms with Crippen LogP contribution < -0.4 is 0 Å². The molecule has 1 aromatic rings. The van der Waals surface area contributed by atoms with Gasteiger partial charge in [-0.3, -0.25) is 0 Å². The van der Waals surface area contributed by atoms with Crippen molar-refractivity contribution in [2.24, 2.45) is 0 Å². The molecule has 4 heteroatoms. The van der Waals surface area contributed by atoms with Gasteiger partial charge in [0, 0.05) is 12.8 Å². The largest absolute Gasteiger partial charge is 0.394 e. The SMILES string of the molecule is OC[C@@H]1C[C@@H](OCc2ccccc2)C[C@@H](O)O1. The van der Waals surface area contributed by atoms with Crippen molar-refractivity contribution in [2.45, 2.75) is 37.9 Å². The molecule has 94 valence electrons. The minimum atomic E-state index is -0.832. The third kappa shape index (κ3) is 3.78. The van der Waals surface area contributed by atoms with Crippen LogP contribution in [0.4, 0.5) is 0 Å². The second kappa shape index (κ2) is 6.12. The molecule has 0 aromatic heterocycles. The minimum Gasteiger partial charge on any atom is -0.394 e. The van der Waals surface area contributed by atoms with Gasteiger partial charge >= 0.3 is 0 Å². The molecule has 4 nitrogen and oxygen atoms in total. The van der Waals surface area contributed by atoms with E-state index in [4.69, 9.17) is 14.6 Å². The quantitative estimate of drug-likeness (QED) is 0.823. The van der Waals surface area contributed by atoms with Gasteiger partial charge in [0.05, 0.1) is 25.4 Å². The monoisotopic (exact) mass is 238 g/mol. The van der Waals surface area contributed by atoms with E-state index in [0.29, 0.717) is 19.4 Å². The zero-order valence-corrected chi connectivity index (χ0v) is 9.66. The Balaban J connectivity index is 1.82. The summed E-state index contributed by atoms with van der Waals surface area (Å²) in [7, 11) is 0. The van der Waals surface area contributed by atoms with E-state index in [1.807, 2.05) is 30.3 Å². The summed E-state index contributed by atoms with van der Waals surface area (Å²) in [6.07, 6.45) is -0.124. The van der Waals surface area contributed by atoms with Crippen molar-refractivity contribution in [3.8, 4) is 0 Å². The molecule has 1 aromatic carbocycles. The summed E-state index contributed by atoms with van der Waals surface area (Å²) in [6.45, 7) is 0.443. The van der Waals surface area contributed by atoms with Crippen LogP contribution in [0.2, 0.25) is 0 Å². The van der Waals surface area contributed by atoms with E-state index < -0.39 is 6.29 Å². The van der Waals surface area contributed by atoms with Gasteiger partial charge in [-0.05, 0) is 5.56 Å². The third-order valence-corrected chi connectivity index (χ3v) is 2.87. The van der Waals surface area contributed by atoms with Crippen LogP contribution in [0.15, 0.2) is 30.3 Å². The highest BCUT2D eigenvalue weighted by Gasteiger charge is 2.28. The van der Waals surface area contributed by atoms with Crippen molar-refractivity contribution in [1.29, 1.82) is 0 Å². The van der Waals surface area contributed by atoms with E-state index in [1.54, 1.807) is 0 Å². The van der Waals surface area contributed by atoms with Crippen LogP contribution in [0.5, 0.6) is 0 Å². The van der Waals surface area contributed by atoms with Gasteiger partial charge in [-0.15, -0.1) is 0 Å². The van der Waals surface area contributed by atoms with Gasteiger partial charge < -0.3 is 19.7 Å². The maximum Gasteiger partial charge on any atom is 0.157 e. The van der Waals surface area contributed by atoms with Gasteiger partial charge in [0.25, 0.3) is 0 Å². The lowest BCUT2D eigenvalue weighted by Crippen LogP contribution is -2.38. The summed E-state index contributed by atoms with van der Waals surface area (Å²) >= 11 is 0. The Morgan fingerprint density at radius 2 is 2.00 bits per heavy atom. The Labute approximate surface area is 101 Å². The summed E-state index contributed by atoms with van der Waals surface area (Å²) in [5.74, 6) is 0. The zero-order chi connectivity index (χ0) is 12.1. The Bertz CT molecular complexity index is 327. The fraction of sp³-hybridized carbons (Fsp3) is 0.538. The summed E-state index contributed by atoms with van der Waals surface area (Å²) in [4.78, 5) is 0. The van der Waals surface area contributed by atoms with E-state index in [2.05, 4.69) is 0 Å². The second-order valence-electron chi connectivity index (χ2n) is 4.29. The molecular weight excluding hydrogens is 220 g/mol. The van der Waals surface area contributed by atoms with Crippen molar-refractivity contribution in [3.63, 3.8) is 0 Å². The summed E-state index contributed by atoms with van der Waals surface area (Å²) in [6, 6.07) is 9.89. The van der Waals surface area contributed by atoms with Gasteiger partial charge in [0.2, 0.25) is 0 Å². The summed E-state index contributed by atoms with van der Waals surface area (Å²) < 4.78 is 10.9. The van der Waals surface area contributed by atoms with E-state index in [0.717, 1.165) is 5.56 Å². The van der Waals surface area contributed by atoms with Crippen molar-refractivity contribution < 1.29 is 19.7 Å². The first-order chi connectivity index (χ1) is 8.28. The fourth-order valence-electron chi connectivity index (χ4n) is 1.99. The van der Waals surface area contributed by atoms with E-state index in [9.17, 15) is 5.11 Å². The lowest BCUT2D eigenvalue weighted by Gasteiger charge is -2.31. The van der Waals surface area contributed by atoms with Gasteiger partial charge in [-0.25, -0.2) is 0 Å². The highest BCUT2D eigenvalue weighted by Crippen LogP contribution is 2.21. The molecule has 2 rings (SSSR count). The molecule has 1 aliphatic rings. The highest BCUT2D eigenvalue weighted by atomic mass is 16.6. The first kappa shape index (κ1) is 12.5. The van der Waals surface area contributed by atoms with Gasteiger partial charge in [0.1, 0.15) is 0 Å². The molecule has 2 N–H and O–H groups in total. The molecular formula is C13H18O4. The predicted molar refractivity (Wildman–Crippen MR) is 62.2 cm³/mol. The molecule has 1 saturated heterocycles. The smallest absolute Gasteiger partial charge is 0.157 e. The third-order valence-electron chi connectivity index (χ3n) is 2.87. The Kier molecular flexibility index (Phi) is 4.50. The van der Waals surface area contributed by atoms with E-state index >= 15 is 0 Å². The number of rotatable bonds is 4. The number of aliphatic hydroxyl groups excluding tert-OH is 2. The molecule has 0 spiro atoms. The Hall–Kier alpha value is -0.940. The number of ether oxygens (including phenoxy) is 2. The number of benzene rings is 1. The van der Waals surface area contributed by atoms with Gasteiger partial charge in [-0.1, -0.05) is 30.3 Å². The minimum absolute atomic E-state index is 0.0592. The lowest BCUT2D eigenvalue weighted by molar-refractivity contribution is -0.206. The molecule has 0 amide bonds. The van der Waals surface area contributed by atoms with Crippen LogP contribution in [0.3, 0.4) is 0 Å². The molecule has 1 fully saturated rings. The highest BCUT2D eigenvalue weighted by molar-refractivity contribution is 5.13. The normalized spacial score (nSPS) is 29.2. The van der Waals surface area contributed by atoms with Crippen LogP contribution in [0.1, 0.15) is 18.4 Å². The van der Waals surface area contributed by atoms with Crippen molar-refractivity contribution in [2.75, 3.05) is 6.61 Å². The lowest BCUT2D eigenvalue weighted by atomic mass is 10.1. The molecule has 1 heterocycles. The van der Waals surface area contributed by atoms with Gasteiger partial charge in [-0.2, -0.15) is 0 Å². The van der Waals surface area contributed by atoms with Crippen molar-refractivity contribution in [3.05, 3.63) is 35.9 Å². The second-order valence-corrected chi connectivity index (χ2v) is 4.29. The molecule has 17 heavy (non-hydrogen) atoms. The van der Waals surface area contributed by atoms with Gasteiger partial charge in [0.15, 0.2) is 6.29 Å².